The van der Waals surface area contributed by atoms with Gasteiger partial charge in [-0.05, 0) is 52.7 Å². The van der Waals surface area contributed by atoms with Gasteiger partial charge >= 0.3 is 12.1 Å². The van der Waals surface area contributed by atoms with Crippen LogP contribution in [0.2, 0.25) is 0 Å². The topological polar surface area (TPSA) is 111 Å². The van der Waals surface area contributed by atoms with Crippen LogP contribution in [0.15, 0.2) is 23.7 Å². The zero-order valence-electron chi connectivity index (χ0n) is 18.9. The number of hydrogen-bond donors (Lipinski definition) is 1. The first-order chi connectivity index (χ1) is 15.2. The summed E-state index contributed by atoms with van der Waals surface area (Å²) in [5, 5.41) is 4.96. The maximum Gasteiger partial charge on any atom is 0.410 e. The molecule has 0 aliphatic heterocycles. The zero-order chi connectivity index (χ0) is 23.6. The van der Waals surface area contributed by atoms with Crippen LogP contribution >= 0.6 is 11.3 Å². The number of rotatable bonds is 11. The van der Waals surface area contributed by atoms with Crippen LogP contribution in [0.3, 0.4) is 0 Å². The first-order valence-electron chi connectivity index (χ1n) is 10.5. The number of hydrogen-bond acceptors (Lipinski definition) is 8. The summed E-state index contributed by atoms with van der Waals surface area (Å²) in [5.41, 5.74) is 1.42. The number of aryl methyl sites for hydroxylation is 1. The van der Waals surface area contributed by atoms with Crippen molar-refractivity contribution in [3.8, 4) is 10.6 Å². The van der Waals surface area contributed by atoms with E-state index in [0.29, 0.717) is 56.2 Å². The van der Waals surface area contributed by atoms with Gasteiger partial charge in [0.2, 0.25) is 6.41 Å². The molecule has 0 spiro atoms. The van der Waals surface area contributed by atoms with Crippen LogP contribution in [0, 0.1) is 0 Å². The van der Waals surface area contributed by atoms with Crippen LogP contribution in [0.25, 0.3) is 10.6 Å². The van der Waals surface area contributed by atoms with E-state index < -0.39 is 17.7 Å². The number of ether oxygens (including phenoxy) is 2. The number of pyridine rings is 1. The van der Waals surface area contributed by atoms with Gasteiger partial charge in [-0.1, -0.05) is 0 Å². The van der Waals surface area contributed by atoms with Crippen molar-refractivity contribution in [3.63, 3.8) is 0 Å². The highest BCUT2D eigenvalue weighted by molar-refractivity contribution is 7.13. The lowest BCUT2D eigenvalue weighted by Gasteiger charge is -2.27. The molecular weight excluding hydrogens is 432 g/mol. The van der Waals surface area contributed by atoms with Gasteiger partial charge in [-0.3, -0.25) is 9.78 Å². The largest absolute Gasteiger partial charge is 0.461 e. The Bertz CT molecular complexity index is 910. The minimum atomic E-state index is -0.598. The van der Waals surface area contributed by atoms with Crippen LogP contribution in [0.1, 0.15) is 50.3 Å². The van der Waals surface area contributed by atoms with Crippen molar-refractivity contribution in [2.75, 3.05) is 26.2 Å². The lowest BCUT2D eigenvalue weighted by molar-refractivity contribution is -0.109. The number of nitrogens with zero attached hydrogens (tertiary/aromatic N) is 3. The Kier molecular flexibility index (Phi) is 9.58. The molecule has 2 aromatic rings. The summed E-state index contributed by atoms with van der Waals surface area (Å²) in [7, 11) is 0. The van der Waals surface area contributed by atoms with Crippen molar-refractivity contribution < 1.29 is 23.9 Å². The first kappa shape index (κ1) is 25.3. The van der Waals surface area contributed by atoms with Gasteiger partial charge in [0, 0.05) is 42.5 Å². The van der Waals surface area contributed by atoms with Gasteiger partial charge in [0.05, 0.1) is 6.61 Å². The predicted octanol–water partition coefficient (Wildman–Crippen LogP) is 3.30. The number of nitrogens with one attached hydrogen (secondary N) is 1. The Morgan fingerprint density at radius 2 is 2.06 bits per heavy atom. The van der Waals surface area contributed by atoms with Gasteiger partial charge in [-0.15, -0.1) is 11.3 Å². The van der Waals surface area contributed by atoms with E-state index >= 15 is 0 Å². The average Bonchev–Trinajstić information content (AvgIpc) is 3.22. The highest BCUT2D eigenvalue weighted by atomic mass is 32.1. The molecule has 0 saturated carbocycles. The monoisotopic (exact) mass is 462 g/mol. The molecule has 1 N–H and O–H groups in total. The van der Waals surface area contributed by atoms with Gasteiger partial charge < -0.3 is 19.7 Å². The van der Waals surface area contributed by atoms with Crippen molar-refractivity contribution >= 4 is 29.8 Å². The van der Waals surface area contributed by atoms with Crippen LogP contribution in [0.5, 0.6) is 0 Å². The van der Waals surface area contributed by atoms with Crippen molar-refractivity contribution in [2.24, 2.45) is 0 Å². The molecule has 0 bridgehead atoms. The van der Waals surface area contributed by atoms with E-state index in [4.69, 9.17) is 9.47 Å². The second kappa shape index (κ2) is 12.1. The molecule has 0 unspecified atom stereocenters. The van der Waals surface area contributed by atoms with E-state index in [0.717, 1.165) is 11.3 Å². The van der Waals surface area contributed by atoms with Gasteiger partial charge in [-0.2, -0.15) is 0 Å². The molecule has 0 aromatic carbocycles. The standard InChI is InChI=1S/C22H30N4O5S/c1-5-30-20(28)18-14-32-19(25-18)16-8-9-24-17(13-16)7-6-11-26(12-10-23-15-27)21(29)31-22(2,3)4/h8-9,13-15H,5-7,10-12H2,1-4H3,(H,23,27). The summed E-state index contributed by atoms with van der Waals surface area (Å²) >= 11 is 1.37. The van der Waals surface area contributed by atoms with Crippen molar-refractivity contribution in [1.82, 2.24) is 20.2 Å². The number of thiazole rings is 1. The fourth-order valence-corrected chi connectivity index (χ4v) is 3.57. The highest BCUT2D eigenvalue weighted by Crippen LogP contribution is 2.24. The molecule has 2 aromatic heterocycles. The summed E-state index contributed by atoms with van der Waals surface area (Å²) in [5.74, 6) is -0.435. The Balaban J connectivity index is 1.99. The predicted molar refractivity (Wildman–Crippen MR) is 121 cm³/mol. The van der Waals surface area contributed by atoms with E-state index in [1.165, 1.54) is 11.3 Å². The maximum absolute atomic E-state index is 12.5. The molecule has 2 rings (SSSR count). The van der Waals surface area contributed by atoms with Crippen molar-refractivity contribution in [2.45, 2.75) is 46.1 Å². The summed E-state index contributed by atoms with van der Waals surface area (Å²) in [6, 6.07) is 3.77. The van der Waals surface area contributed by atoms with Crippen LogP contribution in [-0.4, -0.2) is 65.2 Å². The van der Waals surface area contributed by atoms with Crippen molar-refractivity contribution in [3.05, 3.63) is 35.1 Å². The van der Waals surface area contributed by atoms with Crippen LogP contribution in [0.4, 0.5) is 4.79 Å². The normalized spacial score (nSPS) is 11.0. The Morgan fingerprint density at radius 1 is 1.28 bits per heavy atom. The number of carbonyl (C=O) groups excluding carboxylic acids is 3. The van der Waals surface area contributed by atoms with E-state index in [1.807, 2.05) is 32.9 Å². The molecule has 2 heterocycles. The van der Waals surface area contributed by atoms with E-state index in [-0.39, 0.29) is 0 Å². The molecule has 0 fully saturated rings. The highest BCUT2D eigenvalue weighted by Gasteiger charge is 2.21. The van der Waals surface area contributed by atoms with Crippen LogP contribution < -0.4 is 5.32 Å². The second-order valence-corrected chi connectivity index (χ2v) is 8.80. The SMILES string of the molecule is CCOC(=O)c1csc(-c2ccnc(CCCN(CCNC=O)C(=O)OC(C)(C)C)c2)n1. The third-order valence-electron chi connectivity index (χ3n) is 4.17. The van der Waals surface area contributed by atoms with Gasteiger partial charge in [-0.25, -0.2) is 14.6 Å². The lowest BCUT2D eigenvalue weighted by Crippen LogP contribution is -2.41. The molecule has 32 heavy (non-hydrogen) atoms. The lowest BCUT2D eigenvalue weighted by atomic mass is 10.1. The average molecular weight is 463 g/mol. The molecule has 174 valence electrons. The molecule has 10 heteroatoms. The summed E-state index contributed by atoms with van der Waals surface area (Å²) < 4.78 is 10.4. The third-order valence-corrected chi connectivity index (χ3v) is 5.07. The molecular formula is C22H30N4O5S. The summed E-state index contributed by atoms with van der Waals surface area (Å²) in [4.78, 5) is 45.2. The fourth-order valence-electron chi connectivity index (χ4n) is 2.78. The quantitative estimate of drug-likeness (QED) is 0.310. The fraction of sp³-hybridized carbons (Fsp3) is 0.500. The molecule has 0 atom stereocenters. The molecule has 9 nitrogen and oxygen atoms in total. The number of carbonyl (C=O) groups is 3. The van der Waals surface area contributed by atoms with Gasteiger partial charge in [0.15, 0.2) is 5.69 Å². The Morgan fingerprint density at radius 3 is 2.75 bits per heavy atom. The first-order valence-corrected chi connectivity index (χ1v) is 11.3. The second-order valence-electron chi connectivity index (χ2n) is 7.94. The molecule has 0 radical (unpaired) electrons. The number of esters is 1. The minimum Gasteiger partial charge on any atom is -0.461 e. The summed E-state index contributed by atoms with van der Waals surface area (Å²) in [6.45, 7) is 8.67. The van der Waals surface area contributed by atoms with E-state index in [9.17, 15) is 14.4 Å². The Labute approximate surface area is 192 Å². The van der Waals surface area contributed by atoms with Gasteiger partial charge in [0.1, 0.15) is 10.6 Å². The number of amides is 2. The third kappa shape index (κ3) is 8.26. The Hall–Kier alpha value is -3.01. The van der Waals surface area contributed by atoms with E-state index in [1.54, 1.807) is 23.4 Å². The smallest absolute Gasteiger partial charge is 0.410 e. The van der Waals surface area contributed by atoms with Gasteiger partial charge in [0.25, 0.3) is 0 Å². The molecule has 0 aliphatic carbocycles. The van der Waals surface area contributed by atoms with E-state index in [2.05, 4.69) is 15.3 Å². The number of aromatic nitrogens is 2. The van der Waals surface area contributed by atoms with Crippen LogP contribution in [-0.2, 0) is 20.7 Å². The zero-order valence-corrected chi connectivity index (χ0v) is 19.7. The summed E-state index contributed by atoms with van der Waals surface area (Å²) in [6.07, 6.45) is 3.21. The molecule has 2 amide bonds. The minimum absolute atomic E-state index is 0.294. The molecule has 0 aliphatic rings. The molecule has 0 saturated heterocycles. The van der Waals surface area contributed by atoms with Crippen molar-refractivity contribution in [1.29, 1.82) is 0 Å². The maximum atomic E-state index is 12.5.